The van der Waals surface area contributed by atoms with Crippen molar-refractivity contribution in [2.45, 2.75) is 17.4 Å². The molecule has 1 N–H and O–H groups in total. The first-order chi connectivity index (χ1) is 12.3. The quantitative estimate of drug-likeness (QED) is 0.646. The Morgan fingerprint density at radius 2 is 2.00 bits per heavy atom. The molecule has 136 valence electrons. The lowest BCUT2D eigenvalue weighted by Gasteiger charge is -2.26. The van der Waals surface area contributed by atoms with E-state index in [0.717, 1.165) is 24.0 Å². The van der Waals surface area contributed by atoms with Gasteiger partial charge in [0.05, 0.1) is 17.6 Å². The second-order valence-electron chi connectivity index (χ2n) is 5.91. The highest BCUT2D eigenvalue weighted by atomic mass is 32.2. The average Bonchev–Trinajstić information content (AvgIpc) is 2.60. The van der Waals surface area contributed by atoms with Crippen molar-refractivity contribution in [2.75, 3.05) is 12.9 Å². The molecule has 0 spiro atoms. The number of nitrogens with one attached hydrogen (secondary N) is 1. The first-order valence-corrected chi connectivity index (χ1v) is 9.67. The molecule has 0 saturated carbocycles. The monoisotopic (exact) mass is 376 g/mol. The van der Waals surface area contributed by atoms with Crippen LogP contribution >= 0.6 is 0 Å². The predicted molar refractivity (Wildman–Crippen MR) is 93.0 cm³/mol. The number of nitro groups is 1. The van der Waals surface area contributed by atoms with Crippen molar-refractivity contribution < 1.29 is 22.9 Å². The smallest absolute Gasteiger partial charge is 0.288 e. The minimum atomic E-state index is -3.78. The van der Waals surface area contributed by atoms with Crippen LogP contribution in [0, 0.1) is 10.1 Å². The van der Waals surface area contributed by atoms with Crippen molar-refractivity contribution in [3.05, 3.63) is 63.7 Å². The van der Waals surface area contributed by atoms with Gasteiger partial charge < -0.3 is 10.1 Å². The van der Waals surface area contributed by atoms with Gasteiger partial charge in [-0.15, -0.1) is 0 Å². The molecule has 2 aromatic rings. The Labute approximate surface area is 149 Å². The van der Waals surface area contributed by atoms with E-state index < -0.39 is 31.3 Å². The number of ether oxygens (including phenoxy) is 1. The van der Waals surface area contributed by atoms with Crippen LogP contribution in [-0.4, -0.2) is 32.1 Å². The minimum Gasteiger partial charge on any atom is -0.493 e. The molecule has 1 amide bonds. The fraction of sp³-hybridized carbons (Fsp3) is 0.235. The Morgan fingerprint density at radius 3 is 2.69 bits per heavy atom. The van der Waals surface area contributed by atoms with Crippen LogP contribution in [0.25, 0.3) is 0 Å². The summed E-state index contributed by atoms with van der Waals surface area (Å²) in [7, 11) is -3.78. The largest absolute Gasteiger partial charge is 0.493 e. The molecule has 1 heterocycles. The van der Waals surface area contributed by atoms with Gasteiger partial charge in [0.2, 0.25) is 0 Å². The number of carbonyl (C=O) groups excluding carboxylic acids is 1. The molecule has 8 nitrogen and oxygen atoms in total. The van der Waals surface area contributed by atoms with Gasteiger partial charge in [-0.2, -0.15) is 0 Å². The Hall–Kier alpha value is -2.94. The van der Waals surface area contributed by atoms with E-state index in [1.54, 1.807) is 6.07 Å². The number of hydrogen-bond acceptors (Lipinski definition) is 6. The van der Waals surface area contributed by atoms with Gasteiger partial charge in [0.1, 0.15) is 10.6 Å². The summed E-state index contributed by atoms with van der Waals surface area (Å²) in [6, 6.07) is 10.4. The third-order valence-electron chi connectivity index (χ3n) is 4.08. The fourth-order valence-electron chi connectivity index (χ4n) is 2.85. The maximum Gasteiger partial charge on any atom is 0.288 e. The van der Waals surface area contributed by atoms with E-state index >= 15 is 0 Å². The third kappa shape index (κ3) is 3.52. The summed E-state index contributed by atoms with van der Waals surface area (Å²) in [6.07, 6.45) is 1.44. The standard InChI is InChI=1S/C17H16N2O6S/c1-26(23,24)16-7-6-11(10-14(16)19(21)22)17(20)18-13-8-9-25-15-5-3-2-4-12(13)15/h2-7,10,13H,8-9H2,1H3,(H,18,20)/t13-/m0/s1. The van der Waals surface area contributed by atoms with Crippen LogP contribution < -0.4 is 10.1 Å². The van der Waals surface area contributed by atoms with Crippen molar-refractivity contribution in [2.24, 2.45) is 0 Å². The zero-order valence-electron chi connectivity index (χ0n) is 13.8. The van der Waals surface area contributed by atoms with Gasteiger partial charge in [-0.3, -0.25) is 14.9 Å². The van der Waals surface area contributed by atoms with Gasteiger partial charge >= 0.3 is 0 Å². The molecular weight excluding hydrogens is 360 g/mol. The van der Waals surface area contributed by atoms with Crippen LogP contribution in [0.5, 0.6) is 5.75 Å². The Kier molecular flexibility index (Phi) is 4.64. The van der Waals surface area contributed by atoms with E-state index in [1.807, 2.05) is 18.2 Å². The summed E-state index contributed by atoms with van der Waals surface area (Å²) in [4.78, 5) is 22.5. The summed E-state index contributed by atoms with van der Waals surface area (Å²) in [6.45, 7) is 0.440. The Morgan fingerprint density at radius 1 is 1.27 bits per heavy atom. The molecule has 3 rings (SSSR count). The first kappa shape index (κ1) is 17.9. The van der Waals surface area contributed by atoms with Crippen LogP contribution in [0.1, 0.15) is 28.4 Å². The van der Waals surface area contributed by atoms with Crippen molar-refractivity contribution in [3.8, 4) is 5.75 Å². The van der Waals surface area contributed by atoms with Crippen molar-refractivity contribution in [3.63, 3.8) is 0 Å². The topological polar surface area (TPSA) is 116 Å². The highest BCUT2D eigenvalue weighted by Crippen LogP contribution is 2.32. The molecule has 0 aliphatic carbocycles. The fourth-order valence-corrected chi connectivity index (χ4v) is 3.68. The number of hydrogen-bond donors (Lipinski definition) is 1. The summed E-state index contributed by atoms with van der Waals surface area (Å²) in [5.41, 5.74) is 0.231. The van der Waals surface area contributed by atoms with Gasteiger partial charge in [-0.25, -0.2) is 8.42 Å². The molecule has 0 radical (unpaired) electrons. The zero-order valence-corrected chi connectivity index (χ0v) is 14.7. The maximum atomic E-state index is 12.5. The number of nitrogens with zero attached hydrogens (tertiary/aromatic N) is 1. The highest BCUT2D eigenvalue weighted by molar-refractivity contribution is 7.90. The van der Waals surface area contributed by atoms with E-state index in [-0.39, 0.29) is 11.6 Å². The normalized spacial score (nSPS) is 16.3. The number of carbonyl (C=O) groups is 1. The van der Waals surface area contributed by atoms with Crippen molar-refractivity contribution in [1.82, 2.24) is 5.32 Å². The number of fused-ring (bicyclic) bond motifs is 1. The van der Waals surface area contributed by atoms with E-state index in [4.69, 9.17) is 4.74 Å². The van der Waals surface area contributed by atoms with E-state index in [2.05, 4.69) is 5.32 Å². The number of para-hydroxylation sites is 1. The van der Waals surface area contributed by atoms with E-state index in [0.29, 0.717) is 18.8 Å². The molecule has 1 atom stereocenters. The van der Waals surface area contributed by atoms with Gasteiger partial charge in [0.15, 0.2) is 9.84 Å². The summed E-state index contributed by atoms with van der Waals surface area (Å²) >= 11 is 0. The molecule has 0 unspecified atom stereocenters. The van der Waals surface area contributed by atoms with Crippen molar-refractivity contribution in [1.29, 1.82) is 0 Å². The number of sulfone groups is 1. The van der Waals surface area contributed by atoms with E-state index in [9.17, 15) is 23.3 Å². The Bertz CT molecular complexity index is 986. The molecule has 0 saturated heterocycles. The third-order valence-corrected chi connectivity index (χ3v) is 5.23. The van der Waals surface area contributed by atoms with Gasteiger partial charge in [-0.05, 0) is 18.2 Å². The Balaban J connectivity index is 1.90. The maximum absolute atomic E-state index is 12.5. The van der Waals surface area contributed by atoms with Crippen LogP contribution in [0.2, 0.25) is 0 Å². The highest BCUT2D eigenvalue weighted by Gasteiger charge is 2.26. The van der Waals surface area contributed by atoms with E-state index in [1.165, 1.54) is 6.07 Å². The average molecular weight is 376 g/mol. The SMILES string of the molecule is CS(=O)(=O)c1ccc(C(=O)N[C@H]2CCOc3ccccc32)cc1[N+](=O)[O-]. The van der Waals surface area contributed by atoms with Gasteiger partial charge in [0.25, 0.3) is 11.6 Å². The number of nitro benzene ring substituents is 1. The molecule has 0 aromatic heterocycles. The summed E-state index contributed by atoms with van der Waals surface area (Å²) in [5, 5.41) is 14.0. The summed E-state index contributed by atoms with van der Waals surface area (Å²) < 4.78 is 28.9. The van der Waals surface area contributed by atoms with Gasteiger partial charge in [-0.1, -0.05) is 18.2 Å². The van der Waals surface area contributed by atoms with Crippen LogP contribution in [0.3, 0.4) is 0 Å². The molecular formula is C17H16N2O6S. The van der Waals surface area contributed by atoms with Crippen LogP contribution in [-0.2, 0) is 9.84 Å². The first-order valence-electron chi connectivity index (χ1n) is 7.78. The minimum absolute atomic E-state index is 0.0214. The zero-order chi connectivity index (χ0) is 18.9. The molecule has 0 bridgehead atoms. The molecule has 26 heavy (non-hydrogen) atoms. The lowest BCUT2D eigenvalue weighted by atomic mass is 10.00. The molecule has 1 aliphatic heterocycles. The second kappa shape index (κ2) is 6.75. The summed E-state index contributed by atoms with van der Waals surface area (Å²) in [5.74, 6) is 0.164. The number of rotatable bonds is 4. The predicted octanol–water partition coefficient (Wildman–Crippen LogP) is 2.25. The second-order valence-corrected chi connectivity index (χ2v) is 7.90. The molecule has 1 aliphatic rings. The van der Waals surface area contributed by atoms with Gasteiger partial charge in [0, 0.05) is 29.9 Å². The molecule has 9 heteroatoms. The number of amides is 1. The van der Waals surface area contributed by atoms with Crippen LogP contribution in [0.4, 0.5) is 5.69 Å². The number of benzene rings is 2. The molecule has 2 aromatic carbocycles. The van der Waals surface area contributed by atoms with Crippen LogP contribution in [0.15, 0.2) is 47.4 Å². The molecule has 0 fully saturated rings. The lowest BCUT2D eigenvalue weighted by Crippen LogP contribution is -2.32. The lowest BCUT2D eigenvalue weighted by molar-refractivity contribution is -0.387. The van der Waals surface area contributed by atoms with Crippen molar-refractivity contribution >= 4 is 21.4 Å².